The Hall–Kier alpha value is -7.31. The fourth-order valence-corrected chi connectivity index (χ4v) is 7.41. The van der Waals surface area contributed by atoms with E-state index in [1.54, 1.807) is 76.3 Å². The predicted molar refractivity (Wildman–Crippen MR) is 234 cm³/mol. The van der Waals surface area contributed by atoms with E-state index in [-0.39, 0.29) is 27.9 Å². The molecule has 0 radical (unpaired) electrons. The standard InChI is InChI=1S/C52H41N5O/c1-52(2,3)33-36-26-29-54-50(30-36)57-46-23-11-10-20-44(46)45-25-24-41(32-48(45)57)58-40-19-12-18-39(31-40)55-35-56(49-34-53-28-27-47(49)55)51-42(37-14-6-4-7-15-37)21-13-22-43(51)38-16-8-5-9-17-38/h4-32,34H,33H2,1-3H3/i4D,5D,6D,7D,8D,9D,14D,15D,16D,17D,33D2. The maximum absolute atomic E-state index is 8.99. The lowest BCUT2D eigenvalue weighted by atomic mass is 9.88. The average molecular weight is 764 g/mol. The third kappa shape index (κ3) is 6.48. The van der Waals surface area contributed by atoms with E-state index >= 15 is 0 Å². The molecular weight excluding hydrogens is 711 g/mol. The molecule has 0 aliphatic carbocycles. The molecule has 0 saturated heterocycles. The second kappa shape index (κ2) is 14.3. The molecule has 6 aromatic carbocycles. The summed E-state index contributed by atoms with van der Waals surface area (Å²) in [5, 5.41) is 1.93. The first kappa shape index (κ1) is 24.4. The topological polar surface area (TPSA) is 48.8 Å². The third-order valence-corrected chi connectivity index (χ3v) is 9.71. The van der Waals surface area contributed by atoms with Crippen molar-refractivity contribution in [1.29, 1.82) is 0 Å². The Kier molecular flexibility index (Phi) is 6.01. The molecule has 10 aromatic rings. The summed E-state index contributed by atoms with van der Waals surface area (Å²) in [5.74, 6) is 1.51. The minimum Gasteiger partial charge on any atom is -0.458 e. The number of para-hydroxylation sites is 2. The summed E-state index contributed by atoms with van der Waals surface area (Å²) in [6.07, 6.45) is 6.50. The molecule has 280 valence electrons. The van der Waals surface area contributed by atoms with Gasteiger partial charge in [0.1, 0.15) is 17.3 Å². The number of hydrogen-bond donors (Lipinski definition) is 0. The normalized spacial score (nSPS) is 14.9. The summed E-state index contributed by atoms with van der Waals surface area (Å²) in [5.41, 5.74) is 3.09. The van der Waals surface area contributed by atoms with Gasteiger partial charge < -0.3 is 4.74 Å². The SMILES string of the molecule is [2H]c1c([2H])c([2H])c(-c2cccc(-c3c([2H])c([2H])c([2H])c([2H])c3[2H])c2-[n+]2[c-]n(-c3cccc(Oc4ccc5c6ccccc6n(-c6cc(C([2H])([2H])C(C)(C)C)ccn6)c5c4)c3)c3ccncc32)c([2H])c1[2H]. The quantitative estimate of drug-likeness (QED) is 0.114. The molecule has 0 fully saturated rings. The van der Waals surface area contributed by atoms with Crippen molar-refractivity contribution in [2.75, 3.05) is 0 Å². The minimum absolute atomic E-state index is 0.116. The molecule has 0 amide bonds. The van der Waals surface area contributed by atoms with Crippen LogP contribution >= 0.6 is 0 Å². The lowest BCUT2D eigenvalue weighted by Gasteiger charge is -2.18. The van der Waals surface area contributed by atoms with Gasteiger partial charge in [0.2, 0.25) is 0 Å². The van der Waals surface area contributed by atoms with Crippen molar-refractivity contribution in [1.82, 2.24) is 19.1 Å². The van der Waals surface area contributed by atoms with Gasteiger partial charge in [0, 0.05) is 38.2 Å². The molecule has 0 spiro atoms. The Morgan fingerprint density at radius 1 is 0.690 bits per heavy atom. The lowest BCUT2D eigenvalue weighted by molar-refractivity contribution is -0.571. The Morgan fingerprint density at radius 3 is 2.16 bits per heavy atom. The highest BCUT2D eigenvalue weighted by Gasteiger charge is 2.21. The minimum atomic E-state index is -1.65. The summed E-state index contributed by atoms with van der Waals surface area (Å²) in [4.78, 5) is 9.14. The van der Waals surface area contributed by atoms with Crippen LogP contribution in [0.15, 0.2) is 182 Å². The molecule has 0 saturated carbocycles. The maximum atomic E-state index is 8.99. The van der Waals surface area contributed by atoms with Crippen LogP contribution in [-0.2, 0) is 6.37 Å². The summed E-state index contributed by atoms with van der Waals surface area (Å²) in [6.45, 7) is 5.61. The van der Waals surface area contributed by atoms with E-state index < -0.39 is 72.2 Å². The number of fused-ring (bicyclic) bond motifs is 4. The zero-order valence-corrected chi connectivity index (χ0v) is 31.7. The predicted octanol–water partition coefficient (Wildman–Crippen LogP) is 12.3. The highest BCUT2D eigenvalue weighted by molar-refractivity contribution is 6.09. The third-order valence-electron chi connectivity index (χ3n) is 9.71. The van der Waals surface area contributed by atoms with Crippen molar-refractivity contribution in [3.8, 4) is 50.9 Å². The number of benzene rings is 6. The van der Waals surface area contributed by atoms with E-state index in [0.717, 1.165) is 21.8 Å². The van der Waals surface area contributed by atoms with Crippen LogP contribution in [0.5, 0.6) is 11.5 Å². The van der Waals surface area contributed by atoms with Gasteiger partial charge >= 0.3 is 0 Å². The average Bonchev–Trinajstić information content (AvgIpc) is 3.90. The Bertz CT molecular complexity index is 3660. The monoisotopic (exact) mass is 763 g/mol. The zero-order valence-electron chi connectivity index (χ0n) is 43.7. The van der Waals surface area contributed by atoms with Crippen LogP contribution in [0.25, 0.3) is 72.3 Å². The molecule has 0 aliphatic heterocycles. The Balaban J connectivity index is 1.13. The second-order valence-electron chi connectivity index (χ2n) is 14.7. The Labute approximate surface area is 354 Å². The van der Waals surface area contributed by atoms with Gasteiger partial charge in [0.15, 0.2) is 0 Å². The number of rotatable bonds is 8. The first-order valence-electron chi connectivity index (χ1n) is 24.7. The number of imidazole rings is 1. The van der Waals surface area contributed by atoms with E-state index in [4.69, 9.17) is 26.2 Å². The number of hydrogen-bond acceptors (Lipinski definition) is 3. The molecule has 0 N–H and O–H groups in total. The molecule has 0 unspecified atom stereocenters. The molecule has 6 nitrogen and oxygen atoms in total. The molecule has 10 rings (SSSR count). The molecule has 6 heteroatoms. The maximum Gasteiger partial charge on any atom is 0.269 e. The number of aromatic nitrogens is 5. The molecule has 0 atom stereocenters. The fraction of sp³-hybridized carbons (Fsp3) is 0.0962. The van der Waals surface area contributed by atoms with Gasteiger partial charge in [-0.2, -0.15) is 0 Å². The highest BCUT2D eigenvalue weighted by atomic mass is 16.5. The first-order chi connectivity index (χ1) is 33.3. The van der Waals surface area contributed by atoms with Crippen LogP contribution in [0.1, 0.15) is 42.8 Å². The summed E-state index contributed by atoms with van der Waals surface area (Å²) >= 11 is 0. The van der Waals surface area contributed by atoms with Gasteiger partial charge in [-0.1, -0.05) is 124 Å². The zero-order chi connectivity index (χ0) is 49.7. The van der Waals surface area contributed by atoms with Crippen LogP contribution in [0.3, 0.4) is 0 Å². The van der Waals surface area contributed by atoms with Crippen LogP contribution in [0.2, 0.25) is 0 Å². The highest BCUT2D eigenvalue weighted by Crippen LogP contribution is 2.37. The number of pyridine rings is 2. The molecule has 4 aromatic heterocycles. The molecule has 0 aliphatic rings. The van der Waals surface area contributed by atoms with E-state index in [0.29, 0.717) is 39.6 Å². The lowest BCUT2D eigenvalue weighted by Crippen LogP contribution is -2.31. The van der Waals surface area contributed by atoms with Crippen molar-refractivity contribution in [3.05, 3.63) is 194 Å². The van der Waals surface area contributed by atoms with Crippen molar-refractivity contribution >= 4 is 32.8 Å². The van der Waals surface area contributed by atoms with Crippen LogP contribution in [0.4, 0.5) is 0 Å². The van der Waals surface area contributed by atoms with Crippen molar-refractivity contribution in [3.63, 3.8) is 0 Å². The van der Waals surface area contributed by atoms with E-state index in [1.807, 2.05) is 79.9 Å². The first-order valence-corrected chi connectivity index (χ1v) is 18.7. The fourth-order valence-electron chi connectivity index (χ4n) is 7.41. The summed E-state index contributed by atoms with van der Waals surface area (Å²) in [6, 6.07) is 25.5. The Morgan fingerprint density at radius 2 is 1.40 bits per heavy atom. The van der Waals surface area contributed by atoms with Crippen LogP contribution < -0.4 is 9.30 Å². The number of ether oxygens (including phenoxy) is 1. The van der Waals surface area contributed by atoms with Crippen LogP contribution in [-0.4, -0.2) is 19.1 Å². The van der Waals surface area contributed by atoms with Crippen LogP contribution in [0, 0.1) is 11.7 Å². The second-order valence-corrected chi connectivity index (χ2v) is 14.7. The summed E-state index contributed by atoms with van der Waals surface area (Å²) < 4.78 is 117. The smallest absolute Gasteiger partial charge is 0.269 e. The van der Waals surface area contributed by atoms with Gasteiger partial charge in [-0.05, 0) is 94.2 Å². The van der Waals surface area contributed by atoms with Gasteiger partial charge in [0.25, 0.3) is 6.33 Å². The van der Waals surface area contributed by atoms with E-state index in [1.165, 1.54) is 0 Å². The largest absolute Gasteiger partial charge is 0.458 e. The number of nitrogens with zero attached hydrogens (tertiary/aromatic N) is 5. The molecule has 4 heterocycles. The van der Waals surface area contributed by atoms with E-state index in [2.05, 4.69) is 11.3 Å². The van der Waals surface area contributed by atoms with Crippen molar-refractivity contribution in [2.24, 2.45) is 5.41 Å². The van der Waals surface area contributed by atoms with Gasteiger partial charge in [-0.25, -0.2) is 4.98 Å². The molecule has 0 bridgehead atoms. The van der Waals surface area contributed by atoms with E-state index in [9.17, 15) is 0 Å². The molecular formula is C52H41N5O. The molecule has 58 heavy (non-hydrogen) atoms. The van der Waals surface area contributed by atoms with Gasteiger partial charge in [-0.3, -0.25) is 18.7 Å². The van der Waals surface area contributed by atoms with Gasteiger partial charge in [0.05, 0.1) is 47.1 Å². The van der Waals surface area contributed by atoms with Gasteiger partial charge in [-0.15, -0.1) is 0 Å². The van der Waals surface area contributed by atoms with Crippen molar-refractivity contribution in [2.45, 2.75) is 27.1 Å². The summed E-state index contributed by atoms with van der Waals surface area (Å²) in [7, 11) is 0. The van der Waals surface area contributed by atoms with Crippen molar-refractivity contribution < 1.29 is 25.8 Å².